The summed E-state index contributed by atoms with van der Waals surface area (Å²) in [5.41, 5.74) is -0.215. The van der Waals surface area contributed by atoms with Gasteiger partial charge < -0.3 is 13.6 Å². The van der Waals surface area contributed by atoms with Crippen LogP contribution in [0.4, 0.5) is 0 Å². The molecule has 0 bridgehead atoms. The third-order valence-electron chi connectivity index (χ3n) is 2.62. The Labute approximate surface area is 91.4 Å². The van der Waals surface area contributed by atoms with Crippen LogP contribution in [0.25, 0.3) is 0 Å². The third kappa shape index (κ3) is 3.64. The van der Waals surface area contributed by atoms with Gasteiger partial charge in [0.15, 0.2) is 19.5 Å². The van der Waals surface area contributed by atoms with E-state index < -0.39 is 19.5 Å². The van der Waals surface area contributed by atoms with Gasteiger partial charge in [-0.1, -0.05) is 33.9 Å². The van der Waals surface area contributed by atoms with E-state index in [0.717, 1.165) is 6.29 Å². The maximum atomic E-state index is 10.8. The van der Waals surface area contributed by atoms with Gasteiger partial charge in [-0.25, -0.2) is 0 Å². The SMILES string of the molecule is C[SiH2]OC(O[SiH2]C)C(C)(C)[C@H](C)C=O. The summed E-state index contributed by atoms with van der Waals surface area (Å²) < 4.78 is 11.3. The van der Waals surface area contributed by atoms with E-state index in [4.69, 9.17) is 8.85 Å². The highest BCUT2D eigenvalue weighted by Crippen LogP contribution is 2.31. The van der Waals surface area contributed by atoms with Gasteiger partial charge in [-0.15, -0.1) is 0 Å². The van der Waals surface area contributed by atoms with Crippen LogP contribution in [0.5, 0.6) is 0 Å². The van der Waals surface area contributed by atoms with Gasteiger partial charge in [-0.3, -0.25) is 0 Å². The minimum Gasteiger partial charge on any atom is -0.400 e. The molecular formula is C9H22O3Si2. The molecule has 3 nitrogen and oxygen atoms in total. The van der Waals surface area contributed by atoms with Gasteiger partial charge in [0.05, 0.1) is 0 Å². The van der Waals surface area contributed by atoms with Crippen molar-refractivity contribution in [3.63, 3.8) is 0 Å². The van der Waals surface area contributed by atoms with Crippen molar-refractivity contribution in [3.8, 4) is 0 Å². The highest BCUT2D eigenvalue weighted by molar-refractivity contribution is 6.26. The zero-order chi connectivity index (χ0) is 11.2. The van der Waals surface area contributed by atoms with Crippen molar-refractivity contribution in [2.24, 2.45) is 11.3 Å². The first-order chi connectivity index (χ1) is 6.50. The zero-order valence-electron chi connectivity index (χ0n) is 9.87. The Morgan fingerprint density at radius 3 is 1.93 bits per heavy atom. The Balaban J connectivity index is 4.50. The lowest BCUT2D eigenvalue weighted by molar-refractivity contribution is -0.129. The van der Waals surface area contributed by atoms with Crippen LogP contribution in [-0.2, 0) is 13.6 Å². The van der Waals surface area contributed by atoms with E-state index in [0.29, 0.717) is 0 Å². The Morgan fingerprint density at radius 2 is 1.64 bits per heavy atom. The van der Waals surface area contributed by atoms with E-state index >= 15 is 0 Å². The lowest BCUT2D eigenvalue weighted by atomic mass is 9.80. The summed E-state index contributed by atoms with van der Waals surface area (Å²) in [6.07, 6.45) is 0.796. The van der Waals surface area contributed by atoms with E-state index in [9.17, 15) is 4.79 Å². The molecule has 84 valence electrons. The number of carbonyl (C=O) groups is 1. The highest BCUT2D eigenvalue weighted by Gasteiger charge is 2.35. The van der Waals surface area contributed by atoms with Crippen LogP contribution in [0.2, 0.25) is 13.1 Å². The molecular weight excluding hydrogens is 212 g/mol. The van der Waals surface area contributed by atoms with Crippen LogP contribution >= 0.6 is 0 Å². The third-order valence-corrected chi connectivity index (χ3v) is 3.89. The molecule has 0 N–H and O–H groups in total. The molecule has 0 heterocycles. The number of hydrogen-bond acceptors (Lipinski definition) is 3. The molecule has 0 aliphatic carbocycles. The normalized spacial score (nSPS) is 18.1. The van der Waals surface area contributed by atoms with E-state index in [2.05, 4.69) is 13.1 Å². The van der Waals surface area contributed by atoms with Crippen molar-refractivity contribution >= 4 is 25.8 Å². The summed E-state index contributed by atoms with van der Waals surface area (Å²) in [5.74, 6) is -0.0337. The fourth-order valence-corrected chi connectivity index (χ4v) is 3.02. The molecule has 5 heteroatoms. The lowest BCUT2D eigenvalue weighted by Gasteiger charge is -2.36. The van der Waals surface area contributed by atoms with Crippen LogP contribution in [-0.4, -0.2) is 32.1 Å². The first-order valence-corrected chi connectivity index (χ1v) is 9.17. The van der Waals surface area contributed by atoms with E-state index in [-0.39, 0.29) is 17.6 Å². The predicted molar refractivity (Wildman–Crippen MR) is 63.8 cm³/mol. The maximum Gasteiger partial charge on any atom is 0.161 e. The largest absolute Gasteiger partial charge is 0.400 e. The first kappa shape index (κ1) is 14.0. The molecule has 0 aromatic rings. The molecule has 0 aromatic heterocycles. The summed E-state index contributed by atoms with van der Waals surface area (Å²) >= 11 is 0. The number of aldehydes is 1. The molecule has 1 atom stereocenters. The molecule has 0 unspecified atom stereocenters. The summed E-state index contributed by atoms with van der Waals surface area (Å²) in [6.45, 7) is 10.1. The van der Waals surface area contributed by atoms with Crippen LogP contribution in [0.15, 0.2) is 0 Å². The van der Waals surface area contributed by atoms with Gasteiger partial charge in [0.2, 0.25) is 0 Å². The van der Waals surface area contributed by atoms with E-state index in [1.807, 2.05) is 20.8 Å². The summed E-state index contributed by atoms with van der Waals surface area (Å²) in [5, 5.41) is 0. The number of rotatable bonds is 7. The quantitative estimate of drug-likeness (QED) is 0.365. The fourth-order valence-electron chi connectivity index (χ4n) is 1.17. The molecule has 14 heavy (non-hydrogen) atoms. The highest BCUT2D eigenvalue weighted by atomic mass is 28.2. The molecule has 0 rings (SSSR count). The predicted octanol–water partition coefficient (Wildman–Crippen LogP) is 0.471. The second kappa shape index (κ2) is 6.50. The van der Waals surface area contributed by atoms with Crippen molar-refractivity contribution in [2.45, 2.75) is 40.2 Å². The maximum absolute atomic E-state index is 10.8. The average Bonchev–Trinajstić information content (AvgIpc) is 2.16. The Morgan fingerprint density at radius 1 is 1.21 bits per heavy atom. The van der Waals surface area contributed by atoms with Crippen molar-refractivity contribution in [1.82, 2.24) is 0 Å². The van der Waals surface area contributed by atoms with Gasteiger partial charge in [0.1, 0.15) is 12.6 Å². The Bertz CT molecular complexity index is 167. The summed E-state index contributed by atoms with van der Waals surface area (Å²) in [6, 6.07) is 0. The smallest absolute Gasteiger partial charge is 0.161 e. The van der Waals surface area contributed by atoms with Crippen molar-refractivity contribution in [3.05, 3.63) is 0 Å². The van der Waals surface area contributed by atoms with Crippen molar-refractivity contribution in [2.75, 3.05) is 0 Å². The average molecular weight is 234 g/mol. The first-order valence-electron chi connectivity index (χ1n) is 5.19. The summed E-state index contributed by atoms with van der Waals surface area (Å²) in [7, 11) is -0.984. The molecule has 0 aromatic carbocycles. The fraction of sp³-hybridized carbons (Fsp3) is 0.889. The van der Waals surface area contributed by atoms with Crippen LogP contribution < -0.4 is 0 Å². The van der Waals surface area contributed by atoms with Crippen LogP contribution in [0.3, 0.4) is 0 Å². The monoisotopic (exact) mass is 234 g/mol. The minimum atomic E-state index is -0.492. The van der Waals surface area contributed by atoms with Gasteiger partial charge in [0, 0.05) is 11.3 Å². The van der Waals surface area contributed by atoms with E-state index in [1.54, 1.807) is 0 Å². The molecule has 0 radical (unpaired) electrons. The second-order valence-electron chi connectivity index (χ2n) is 3.99. The minimum absolute atomic E-state index is 0.0337. The van der Waals surface area contributed by atoms with Crippen LogP contribution in [0.1, 0.15) is 20.8 Å². The van der Waals surface area contributed by atoms with Gasteiger partial charge in [-0.05, 0) is 0 Å². The van der Waals surface area contributed by atoms with Gasteiger partial charge in [-0.2, -0.15) is 0 Å². The Hall–Kier alpha value is 0.0238. The van der Waals surface area contributed by atoms with Crippen molar-refractivity contribution < 1.29 is 13.6 Å². The second-order valence-corrected chi connectivity index (χ2v) is 5.81. The Kier molecular flexibility index (Phi) is 6.51. The number of carbonyl (C=O) groups excluding carboxylic acids is 1. The van der Waals surface area contributed by atoms with Gasteiger partial charge >= 0.3 is 0 Å². The molecule has 0 spiro atoms. The molecule has 0 fully saturated rings. The molecule has 0 aliphatic rings. The standard InChI is InChI=1S/C9H22O3Si2/c1-7(6-10)9(2,3)8(11-13-4)12-14-5/h6-8H,13-14H2,1-5H3/t7-/m1/s1. The van der Waals surface area contributed by atoms with Crippen molar-refractivity contribution in [1.29, 1.82) is 0 Å². The molecule has 0 aliphatic heterocycles. The lowest BCUT2D eigenvalue weighted by Crippen LogP contribution is -2.41. The molecule has 0 saturated carbocycles. The van der Waals surface area contributed by atoms with E-state index in [1.165, 1.54) is 0 Å². The zero-order valence-corrected chi connectivity index (χ0v) is 12.7. The molecule has 0 saturated heterocycles. The topological polar surface area (TPSA) is 35.5 Å². The number of hydrogen-bond donors (Lipinski definition) is 0. The van der Waals surface area contributed by atoms with Gasteiger partial charge in [0.25, 0.3) is 0 Å². The summed E-state index contributed by atoms with van der Waals surface area (Å²) in [4.78, 5) is 10.8. The molecule has 0 amide bonds. The van der Waals surface area contributed by atoms with Crippen LogP contribution in [0, 0.1) is 11.3 Å².